The molecule has 0 aliphatic rings. The number of rotatable bonds is 5. The van der Waals surface area contributed by atoms with E-state index in [-0.39, 0.29) is 0 Å². The van der Waals surface area contributed by atoms with E-state index < -0.39 is 0 Å². The number of thiol groups is 1. The summed E-state index contributed by atoms with van der Waals surface area (Å²) in [6, 6.07) is 3.94. The molecular formula is C11H15BrO2S. The Balaban J connectivity index is 2.98. The van der Waals surface area contributed by atoms with Crippen LogP contribution < -0.4 is 9.47 Å². The van der Waals surface area contributed by atoms with Crippen LogP contribution in [0.2, 0.25) is 0 Å². The summed E-state index contributed by atoms with van der Waals surface area (Å²) in [7, 11) is 3.32. The minimum Gasteiger partial charge on any atom is -0.496 e. The molecule has 0 heterocycles. The molecule has 0 aromatic heterocycles. The lowest BCUT2D eigenvalue weighted by molar-refractivity contribution is 0.389. The molecule has 0 saturated carbocycles. The average Bonchev–Trinajstić information content (AvgIpc) is 2.26. The summed E-state index contributed by atoms with van der Waals surface area (Å²) < 4.78 is 11.5. The molecule has 0 aliphatic heterocycles. The van der Waals surface area contributed by atoms with Crippen LogP contribution in [-0.4, -0.2) is 20.0 Å². The van der Waals surface area contributed by atoms with E-state index in [4.69, 9.17) is 9.47 Å². The van der Waals surface area contributed by atoms with Gasteiger partial charge in [-0.15, -0.1) is 0 Å². The van der Waals surface area contributed by atoms with Gasteiger partial charge in [0.1, 0.15) is 11.5 Å². The minimum atomic E-state index is 0.793. The fourth-order valence-corrected chi connectivity index (χ4v) is 2.10. The van der Waals surface area contributed by atoms with Crippen LogP contribution in [0.25, 0.3) is 0 Å². The van der Waals surface area contributed by atoms with E-state index >= 15 is 0 Å². The van der Waals surface area contributed by atoms with Crippen LogP contribution in [0, 0.1) is 0 Å². The topological polar surface area (TPSA) is 18.5 Å². The number of methoxy groups -OCH3 is 2. The van der Waals surface area contributed by atoms with Gasteiger partial charge in [0.05, 0.1) is 18.7 Å². The van der Waals surface area contributed by atoms with E-state index in [1.807, 2.05) is 12.1 Å². The molecule has 0 spiro atoms. The normalized spacial score (nSPS) is 10.1. The highest BCUT2D eigenvalue weighted by Gasteiger charge is 2.08. The first-order valence-corrected chi connectivity index (χ1v) is 6.16. The average molecular weight is 291 g/mol. The van der Waals surface area contributed by atoms with Crippen LogP contribution in [0.4, 0.5) is 0 Å². The van der Waals surface area contributed by atoms with Crippen molar-refractivity contribution < 1.29 is 9.47 Å². The van der Waals surface area contributed by atoms with E-state index in [2.05, 4.69) is 28.6 Å². The van der Waals surface area contributed by atoms with Crippen molar-refractivity contribution in [2.75, 3.05) is 20.0 Å². The molecule has 15 heavy (non-hydrogen) atoms. The van der Waals surface area contributed by atoms with Crippen LogP contribution in [0.3, 0.4) is 0 Å². The molecule has 0 fully saturated rings. The molecule has 0 saturated heterocycles. The van der Waals surface area contributed by atoms with Crippen LogP contribution in [0.1, 0.15) is 12.0 Å². The van der Waals surface area contributed by atoms with Crippen molar-refractivity contribution in [3.63, 3.8) is 0 Å². The predicted octanol–water partition coefficient (Wildman–Crippen LogP) is 3.33. The standard InChI is InChI=1S/C11H15BrO2S/c1-13-10-7-11(14-2)9(12)6-8(10)4-3-5-15/h6-7,15H,3-5H2,1-2H3. The Labute approximate surface area is 105 Å². The summed E-state index contributed by atoms with van der Waals surface area (Å²) in [5.41, 5.74) is 1.18. The Bertz CT molecular complexity index is 329. The molecule has 0 aliphatic carbocycles. The van der Waals surface area contributed by atoms with Crippen LogP contribution in [-0.2, 0) is 6.42 Å². The molecule has 1 rings (SSSR count). The predicted molar refractivity (Wildman–Crippen MR) is 69.4 cm³/mol. The SMILES string of the molecule is COc1cc(OC)c(CCCS)cc1Br. The van der Waals surface area contributed by atoms with Crippen molar-refractivity contribution in [3.8, 4) is 11.5 Å². The summed E-state index contributed by atoms with van der Waals surface area (Å²) in [6.07, 6.45) is 2.01. The van der Waals surface area contributed by atoms with Crippen LogP contribution in [0.15, 0.2) is 16.6 Å². The maximum Gasteiger partial charge on any atom is 0.136 e. The van der Waals surface area contributed by atoms with Crippen molar-refractivity contribution in [2.45, 2.75) is 12.8 Å². The van der Waals surface area contributed by atoms with Gasteiger partial charge >= 0.3 is 0 Å². The molecule has 1 aromatic carbocycles. The van der Waals surface area contributed by atoms with E-state index in [0.717, 1.165) is 34.6 Å². The quantitative estimate of drug-likeness (QED) is 0.839. The summed E-state index contributed by atoms with van der Waals surface area (Å²) in [4.78, 5) is 0. The number of halogens is 1. The zero-order valence-electron chi connectivity index (χ0n) is 8.92. The van der Waals surface area contributed by atoms with Crippen molar-refractivity contribution >= 4 is 28.6 Å². The summed E-state index contributed by atoms with van der Waals surface area (Å²) >= 11 is 7.66. The smallest absolute Gasteiger partial charge is 0.136 e. The van der Waals surface area contributed by atoms with E-state index in [0.29, 0.717) is 0 Å². The molecule has 0 atom stereocenters. The lowest BCUT2D eigenvalue weighted by Crippen LogP contribution is -1.95. The van der Waals surface area contributed by atoms with Crippen molar-refractivity contribution in [2.24, 2.45) is 0 Å². The Morgan fingerprint density at radius 3 is 2.40 bits per heavy atom. The Morgan fingerprint density at radius 1 is 1.20 bits per heavy atom. The summed E-state index contributed by atoms with van der Waals surface area (Å²) in [5.74, 6) is 2.55. The minimum absolute atomic E-state index is 0.793. The molecule has 0 N–H and O–H groups in total. The van der Waals surface area contributed by atoms with Gasteiger partial charge in [-0.05, 0) is 46.2 Å². The first kappa shape index (κ1) is 12.7. The molecule has 0 bridgehead atoms. The number of ether oxygens (including phenoxy) is 2. The van der Waals surface area contributed by atoms with E-state index in [1.54, 1.807) is 14.2 Å². The maximum absolute atomic E-state index is 5.31. The summed E-state index contributed by atoms with van der Waals surface area (Å²) in [5, 5.41) is 0. The van der Waals surface area contributed by atoms with Gasteiger partial charge in [0.2, 0.25) is 0 Å². The molecular weight excluding hydrogens is 276 g/mol. The molecule has 0 radical (unpaired) electrons. The van der Waals surface area contributed by atoms with Gasteiger partial charge in [-0.3, -0.25) is 0 Å². The lowest BCUT2D eigenvalue weighted by Gasteiger charge is -2.11. The van der Waals surface area contributed by atoms with Crippen molar-refractivity contribution in [3.05, 3.63) is 22.2 Å². The Morgan fingerprint density at radius 2 is 1.87 bits per heavy atom. The molecule has 0 amide bonds. The zero-order valence-corrected chi connectivity index (χ0v) is 11.4. The van der Waals surface area contributed by atoms with Gasteiger partial charge in [-0.1, -0.05) is 0 Å². The highest BCUT2D eigenvalue weighted by molar-refractivity contribution is 9.10. The fraction of sp³-hybridized carbons (Fsp3) is 0.455. The zero-order chi connectivity index (χ0) is 11.3. The second-order valence-corrected chi connectivity index (χ2v) is 4.43. The van der Waals surface area contributed by atoms with Crippen molar-refractivity contribution in [1.82, 2.24) is 0 Å². The third-order valence-corrected chi connectivity index (χ3v) is 3.10. The highest BCUT2D eigenvalue weighted by atomic mass is 79.9. The number of aryl methyl sites for hydroxylation is 1. The molecule has 0 unspecified atom stereocenters. The van der Waals surface area contributed by atoms with Crippen LogP contribution >= 0.6 is 28.6 Å². The van der Waals surface area contributed by atoms with Gasteiger partial charge in [0.25, 0.3) is 0 Å². The highest BCUT2D eigenvalue weighted by Crippen LogP contribution is 2.33. The van der Waals surface area contributed by atoms with E-state index in [1.165, 1.54) is 5.56 Å². The Kier molecular flexibility index (Phi) is 5.32. The molecule has 1 aromatic rings. The second-order valence-electron chi connectivity index (χ2n) is 3.13. The van der Waals surface area contributed by atoms with Gasteiger partial charge in [-0.2, -0.15) is 12.6 Å². The first-order valence-electron chi connectivity index (χ1n) is 4.74. The Hall–Kier alpha value is -0.350. The molecule has 4 heteroatoms. The fourth-order valence-electron chi connectivity index (χ4n) is 1.39. The lowest BCUT2D eigenvalue weighted by atomic mass is 10.1. The first-order chi connectivity index (χ1) is 7.22. The number of benzene rings is 1. The number of hydrogen-bond donors (Lipinski definition) is 1. The maximum atomic E-state index is 5.31. The van der Waals surface area contributed by atoms with Crippen molar-refractivity contribution in [1.29, 1.82) is 0 Å². The van der Waals surface area contributed by atoms with Crippen LogP contribution in [0.5, 0.6) is 11.5 Å². The number of hydrogen-bond acceptors (Lipinski definition) is 3. The van der Waals surface area contributed by atoms with Gasteiger partial charge < -0.3 is 9.47 Å². The monoisotopic (exact) mass is 290 g/mol. The third kappa shape index (κ3) is 3.31. The third-order valence-electron chi connectivity index (χ3n) is 2.16. The molecule has 2 nitrogen and oxygen atoms in total. The van der Waals surface area contributed by atoms with Gasteiger partial charge in [-0.25, -0.2) is 0 Å². The van der Waals surface area contributed by atoms with E-state index in [9.17, 15) is 0 Å². The largest absolute Gasteiger partial charge is 0.496 e. The summed E-state index contributed by atoms with van der Waals surface area (Å²) in [6.45, 7) is 0. The van der Waals surface area contributed by atoms with Gasteiger partial charge in [0, 0.05) is 6.07 Å². The second kappa shape index (κ2) is 6.28. The molecule has 84 valence electrons. The van der Waals surface area contributed by atoms with Gasteiger partial charge in [0.15, 0.2) is 0 Å².